The van der Waals surface area contributed by atoms with E-state index in [1.54, 1.807) is 31.2 Å². The molecule has 2 aromatic carbocycles. The summed E-state index contributed by atoms with van der Waals surface area (Å²) < 4.78 is 39.1. The Kier molecular flexibility index (Phi) is 4.65. The Morgan fingerprint density at radius 2 is 1.90 bits per heavy atom. The molecule has 0 saturated carbocycles. The van der Waals surface area contributed by atoms with E-state index >= 15 is 0 Å². The number of carbonyl (C=O) groups excluding carboxylic acids is 1. The molecule has 0 fully saturated rings. The van der Waals surface area contributed by atoms with E-state index < -0.39 is 22.0 Å². The molecule has 4 rings (SSSR count). The first-order valence-electron chi connectivity index (χ1n) is 9.24. The molecule has 0 radical (unpaired) electrons. The number of aromatic hydroxyl groups is 1. The molecule has 3 aromatic rings. The summed E-state index contributed by atoms with van der Waals surface area (Å²) in [5, 5.41) is 11.3. The van der Waals surface area contributed by atoms with Gasteiger partial charge in [0.15, 0.2) is 5.75 Å². The first-order valence-corrected chi connectivity index (χ1v) is 11.1. The van der Waals surface area contributed by atoms with E-state index in [0.29, 0.717) is 22.2 Å². The summed E-state index contributed by atoms with van der Waals surface area (Å²) in [5.41, 5.74) is 1.65. The van der Waals surface area contributed by atoms with Crippen molar-refractivity contribution in [1.29, 1.82) is 0 Å². The summed E-state index contributed by atoms with van der Waals surface area (Å²) in [6, 6.07) is 8.58. The van der Waals surface area contributed by atoms with Gasteiger partial charge in [-0.05, 0) is 36.8 Å². The molecule has 0 saturated heterocycles. The van der Waals surface area contributed by atoms with Gasteiger partial charge in [0.1, 0.15) is 11.3 Å². The van der Waals surface area contributed by atoms with E-state index in [2.05, 4.69) is 4.98 Å². The van der Waals surface area contributed by atoms with Gasteiger partial charge >= 0.3 is 0 Å². The molecule has 1 amide bonds. The van der Waals surface area contributed by atoms with Crippen molar-refractivity contribution in [3.05, 3.63) is 65.1 Å². The van der Waals surface area contributed by atoms with Gasteiger partial charge in [-0.15, -0.1) is 0 Å². The zero-order chi connectivity index (χ0) is 21.8. The van der Waals surface area contributed by atoms with Crippen molar-refractivity contribution in [2.24, 2.45) is 0 Å². The van der Waals surface area contributed by atoms with Gasteiger partial charge < -0.3 is 10.0 Å². The maximum Gasteiger partial charge on any atom is 0.258 e. The number of hydrogen-bond donors (Lipinski definition) is 1. The molecule has 30 heavy (non-hydrogen) atoms. The van der Waals surface area contributed by atoms with Crippen LogP contribution in [0.2, 0.25) is 0 Å². The summed E-state index contributed by atoms with van der Waals surface area (Å²) in [5.74, 6) is -1.09. The lowest BCUT2D eigenvalue weighted by Crippen LogP contribution is -2.28. The Morgan fingerprint density at radius 3 is 2.53 bits per heavy atom. The molecule has 1 aliphatic heterocycles. The summed E-state index contributed by atoms with van der Waals surface area (Å²) >= 11 is 0. The smallest absolute Gasteiger partial charge is 0.258 e. The topological polar surface area (TPSA) is 90.8 Å². The number of nitrogens with zero attached hydrogens (tertiary/aromatic N) is 3. The molecular weight excluding hydrogens is 409 g/mol. The molecule has 9 heteroatoms. The molecule has 156 valence electrons. The van der Waals surface area contributed by atoms with Crippen LogP contribution in [0.1, 0.15) is 34.5 Å². The minimum Gasteiger partial charge on any atom is -0.505 e. The second-order valence-corrected chi connectivity index (χ2v) is 9.37. The summed E-state index contributed by atoms with van der Waals surface area (Å²) in [6.07, 6.45) is 2.55. The lowest BCUT2D eigenvalue weighted by Gasteiger charge is -2.26. The largest absolute Gasteiger partial charge is 0.505 e. The van der Waals surface area contributed by atoms with Crippen molar-refractivity contribution in [1.82, 2.24) is 9.88 Å². The number of halogens is 1. The first-order chi connectivity index (χ1) is 14.1. The monoisotopic (exact) mass is 429 g/mol. The average Bonchev–Trinajstić information content (AvgIpc) is 2.94. The van der Waals surface area contributed by atoms with Crippen LogP contribution in [0.15, 0.2) is 42.6 Å². The Hall–Kier alpha value is -3.20. The average molecular weight is 429 g/mol. The van der Waals surface area contributed by atoms with Gasteiger partial charge in [0.2, 0.25) is 10.0 Å². The number of phenolic OH excluding ortho intramolecular Hbond substituents is 1. The van der Waals surface area contributed by atoms with E-state index in [-0.39, 0.29) is 29.2 Å². The Labute approximate surface area is 173 Å². The number of pyridine rings is 1. The van der Waals surface area contributed by atoms with Crippen molar-refractivity contribution in [3.8, 4) is 5.75 Å². The first kappa shape index (κ1) is 20.1. The van der Waals surface area contributed by atoms with Crippen molar-refractivity contribution < 1.29 is 22.7 Å². The standard InChI is InChI=1S/C21H20FN3O4S/c1-12-16-17(21(27)25(12)11-13-6-8-14(22)9-7-13)20(26)18-15(5-4-10-23-18)19(16)24(2)30(3,28)29/h4-10,12,26H,11H2,1-3H3/t12-/m0/s1. The van der Waals surface area contributed by atoms with Gasteiger partial charge in [-0.25, -0.2) is 12.8 Å². The second-order valence-electron chi connectivity index (χ2n) is 7.35. The van der Waals surface area contributed by atoms with Crippen LogP contribution in [0.25, 0.3) is 10.9 Å². The molecule has 7 nitrogen and oxygen atoms in total. The summed E-state index contributed by atoms with van der Waals surface area (Å²) in [4.78, 5) is 19.0. The third-order valence-corrected chi connectivity index (χ3v) is 6.66. The van der Waals surface area contributed by atoms with Crippen LogP contribution in [0.5, 0.6) is 5.75 Å². The highest BCUT2D eigenvalue weighted by molar-refractivity contribution is 7.92. The summed E-state index contributed by atoms with van der Waals surface area (Å²) in [6.45, 7) is 1.95. The van der Waals surface area contributed by atoms with Crippen LogP contribution in [0.4, 0.5) is 10.1 Å². The van der Waals surface area contributed by atoms with E-state index in [1.807, 2.05) is 0 Å². The van der Waals surface area contributed by atoms with Crippen molar-refractivity contribution in [2.75, 3.05) is 17.6 Å². The number of anilines is 1. The third kappa shape index (κ3) is 3.06. The number of hydrogen-bond acceptors (Lipinski definition) is 5. The predicted molar refractivity (Wildman–Crippen MR) is 111 cm³/mol. The van der Waals surface area contributed by atoms with E-state index in [4.69, 9.17) is 0 Å². The number of sulfonamides is 1. The lowest BCUT2D eigenvalue weighted by atomic mass is 9.97. The Morgan fingerprint density at radius 1 is 1.23 bits per heavy atom. The van der Waals surface area contributed by atoms with Crippen LogP contribution in [-0.4, -0.2) is 42.6 Å². The number of aromatic nitrogens is 1. The van der Waals surface area contributed by atoms with Crippen LogP contribution < -0.4 is 4.31 Å². The van der Waals surface area contributed by atoms with Crippen LogP contribution in [0, 0.1) is 5.82 Å². The molecule has 2 heterocycles. The zero-order valence-electron chi connectivity index (χ0n) is 16.6. The SMILES string of the molecule is C[C@H]1c2c(c(O)c3ncccc3c2N(C)S(C)(=O)=O)C(=O)N1Cc1ccc(F)cc1. The molecule has 0 spiro atoms. The lowest BCUT2D eigenvalue weighted by molar-refractivity contribution is 0.0721. The second kappa shape index (κ2) is 6.94. The highest BCUT2D eigenvalue weighted by Crippen LogP contribution is 2.49. The number of phenols is 1. The normalized spacial score (nSPS) is 16.2. The van der Waals surface area contributed by atoms with Crippen molar-refractivity contribution >= 4 is 32.5 Å². The quantitative estimate of drug-likeness (QED) is 0.688. The van der Waals surface area contributed by atoms with Crippen LogP contribution in [0.3, 0.4) is 0 Å². The number of carbonyl (C=O) groups is 1. The van der Waals surface area contributed by atoms with Gasteiger partial charge in [0.05, 0.1) is 23.5 Å². The molecule has 0 aliphatic carbocycles. The van der Waals surface area contributed by atoms with Gasteiger partial charge in [-0.2, -0.15) is 0 Å². The number of amides is 1. The van der Waals surface area contributed by atoms with E-state index in [1.165, 1.54) is 30.3 Å². The molecule has 0 unspecified atom stereocenters. The Balaban J connectivity index is 1.94. The molecule has 1 aliphatic rings. The molecular formula is C21H20FN3O4S. The molecule has 1 N–H and O–H groups in total. The van der Waals surface area contributed by atoms with E-state index in [0.717, 1.165) is 10.6 Å². The number of fused-ring (bicyclic) bond motifs is 2. The fourth-order valence-electron chi connectivity index (χ4n) is 3.89. The zero-order valence-corrected chi connectivity index (χ0v) is 17.4. The minimum absolute atomic E-state index is 0.0429. The maximum atomic E-state index is 13.3. The van der Waals surface area contributed by atoms with Gasteiger partial charge in [-0.1, -0.05) is 12.1 Å². The van der Waals surface area contributed by atoms with Crippen LogP contribution in [-0.2, 0) is 16.6 Å². The van der Waals surface area contributed by atoms with Crippen molar-refractivity contribution in [3.63, 3.8) is 0 Å². The maximum absolute atomic E-state index is 13.3. The van der Waals surface area contributed by atoms with Gasteiger partial charge in [0, 0.05) is 30.7 Å². The highest BCUT2D eigenvalue weighted by Gasteiger charge is 2.41. The molecule has 1 atom stereocenters. The predicted octanol–water partition coefficient (Wildman–Crippen LogP) is 3.19. The van der Waals surface area contributed by atoms with Gasteiger partial charge in [0.25, 0.3) is 5.91 Å². The van der Waals surface area contributed by atoms with Gasteiger partial charge in [-0.3, -0.25) is 14.1 Å². The molecule has 1 aromatic heterocycles. The van der Waals surface area contributed by atoms with E-state index in [9.17, 15) is 22.7 Å². The van der Waals surface area contributed by atoms with Crippen LogP contribution >= 0.6 is 0 Å². The number of rotatable bonds is 4. The highest BCUT2D eigenvalue weighted by atomic mass is 32.2. The third-order valence-electron chi connectivity index (χ3n) is 5.49. The number of benzene rings is 2. The Bertz CT molecular complexity index is 1280. The fourth-order valence-corrected chi connectivity index (χ4v) is 4.42. The fraction of sp³-hybridized carbons (Fsp3) is 0.238. The summed E-state index contributed by atoms with van der Waals surface area (Å²) in [7, 11) is -2.24. The molecule has 0 bridgehead atoms. The van der Waals surface area contributed by atoms with Crippen molar-refractivity contribution in [2.45, 2.75) is 19.5 Å². The minimum atomic E-state index is -3.65.